The first-order valence-corrected chi connectivity index (χ1v) is 7.25. The molecule has 4 rings (SSSR count). The fourth-order valence-electron chi connectivity index (χ4n) is 2.76. The van der Waals surface area contributed by atoms with Gasteiger partial charge in [0.1, 0.15) is 0 Å². The predicted octanol–water partition coefficient (Wildman–Crippen LogP) is 3.77. The molecule has 106 valence electrons. The Hall–Kier alpha value is -2.94. The Morgan fingerprint density at radius 1 is 1.00 bits per heavy atom. The first-order valence-electron chi connectivity index (χ1n) is 7.25. The van der Waals surface area contributed by atoms with Crippen molar-refractivity contribution in [3.05, 3.63) is 72.3 Å². The van der Waals surface area contributed by atoms with Gasteiger partial charge in [-0.1, -0.05) is 48.6 Å². The minimum atomic E-state index is 0.0370. The summed E-state index contributed by atoms with van der Waals surface area (Å²) in [4.78, 5) is 4.61. The normalized spacial score (nSPS) is 21.5. The van der Waals surface area contributed by atoms with Crippen molar-refractivity contribution in [1.29, 1.82) is 5.41 Å². The number of hydrogen-bond acceptors (Lipinski definition) is 3. The summed E-state index contributed by atoms with van der Waals surface area (Å²) in [7, 11) is 0. The zero-order valence-electron chi connectivity index (χ0n) is 12.0. The summed E-state index contributed by atoms with van der Waals surface area (Å²) in [6.45, 7) is 0. The molecule has 0 aliphatic heterocycles. The van der Waals surface area contributed by atoms with Crippen LogP contribution >= 0.6 is 0 Å². The SMILES string of the molecule is N=C1C=CC=CC1=NC1C=C1c1ccc2ccccc2c1N. The molecule has 0 aromatic heterocycles. The summed E-state index contributed by atoms with van der Waals surface area (Å²) in [5.41, 5.74) is 10.5. The number of nitrogens with two attached hydrogens (primary N) is 1. The molecule has 2 aliphatic carbocycles. The standard InChI is InChI=1S/C19H15N3/c20-16-7-3-4-8-17(16)22-18-11-15(18)14-10-9-12-5-1-2-6-13(12)19(14)21/h1-11,18,20H,21H2. The van der Waals surface area contributed by atoms with Crippen LogP contribution in [0, 0.1) is 5.41 Å². The maximum Gasteiger partial charge on any atom is 0.0949 e. The lowest BCUT2D eigenvalue weighted by atomic mass is 10.0. The second-order valence-corrected chi connectivity index (χ2v) is 5.46. The van der Waals surface area contributed by atoms with E-state index in [4.69, 9.17) is 11.1 Å². The highest BCUT2D eigenvalue weighted by Crippen LogP contribution is 2.40. The smallest absolute Gasteiger partial charge is 0.0949 e. The Bertz CT molecular complexity index is 913. The number of nitrogens with zero attached hydrogens (tertiary/aromatic N) is 1. The first-order chi connectivity index (χ1) is 10.7. The number of nitrogen functional groups attached to an aromatic ring is 1. The first kappa shape index (κ1) is 12.8. The number of rotatable bonds is 2. The van der Waals surface area contributed by atoms with Gasteiger partial charge >= 0.3 is 0 Å². The summed E-state index contributed by atoms with van der Waals surface area (Å²) in [6.07, 6.45) is 9.47. The number of fused-ring (bicyclic) bond motifs is 1. The van der Waals surface area contributed by atoms with Crippen LogP contribution in [-0.2, 0) is 0 Å². The Labute approximate surface area is 128 Å². The van der Waals surface area contributed by atoms with Gasteiger partial charge in [-0.25, -0.2) is 0 Å². The van der Waals surface area contributed by atoms with E-state index in [0.717, 1.165) is 33.3 Å². The molecule has 3 heteroatoms. The van der Waals surface area contributed by atoms with Crippen LogP contribution in [0.25, 0.3) is 16.3 Å². The Balaban J connectivity index is 1.65. The van der Waals surface area contributed by atoms with E-state index in [1.54, 1.807) is 6.08 Å². The third-order valence-electron chi connectivity index (χ3n) is 4.01. The predicted molar refractivity (Wildman–Crippen MR) is 93.6 cm³/mol. The lowest BCUT2D eigenvalue weighted by Crippen LogP contribution is -2.11. The molecule has 0 saturated carbocycles. The molecule has 0 saturated heterocycles. The van der Waals surface area contributed by atoms with E-state index < -0.39 is 0 Å². The molecule has 0 amide bonds. The Morgan fingerprint density at radius 2 is 1.82 bits per heavy atom. The third kappa shape index (κ3) is 2.07. The fraction of sp³-hybridized carbons (Fsp3) is 0.0526. The summed E-state index contributed by atoms with van der Waals surface area (Å²) >= 11 is 0. The molecule has 0 heterocycles. The largest absolute Gasteiger partial charge is 0.398 e. The Morgan fingerprint density at radius 3 is 2.68 bits per heavy atom. The lowest BCUT2D eigenvalue weighted by molar-refractivity contribution is 1.17. The molecule has 1 unspecified atom stereocenters. The highest BCUT2D eigenvalue weighted by Gasteiger charge is 2.28. The quantitative estimate of drug-likeness (QED) is 0.640. The van der Waals surface area contributed by atoms with Crippen molar-refractivity contribution in [3.8, 4) is 0 Å². The lowest BCUT2D eigenvalue weighted by Gasteiger charge is -2.08. The monoisotopic (exact) mass is 285 g/mol. The number of aliphatic imine (C=N–C) groups is 1. The number of hydrogen-bond donors (Lipinski definition) is 2. The highest BCUT2D eigenvalue weighted by molar-refractivity contribution is 6.50. The van der Waals surface area contributed by atoms with E-state index in [2.05, 4.69) is 29.3 Å². The van der Waals surface area contributed by atoms with Gasteiger partial charge in [0, 0.05) is 16.6 Å². The number of benzene rings is 2. The summed E-state index contributed by atoms with van der Waals surface area (Å²) in [5.74, 6) is 0. The second-order valence-electron chi connectivity index (χ2n) is 5.46. The Kier molecular flexibility index (Phi) is 2.79. The molecule has 0 radical (unpaired) electrons. The number of allylic oxidation sites excluding steroid dienone is 4. The van der Waals surface area contributed by atoms with Gasteiger partial charge in [0.25, 0.3) is 0 Å². The van der Waals surface area contributed by atoms with Crippen LogP contribution in [0.5, 0.6) is 0 Å². The van der Waals surface area contributed by atoms with E-state index in [-0.39, 0.29) is 6.04 Å². The average Bonchev–Trinajstić information content (AvgIpc) is 3.29. The van der Waals surface area contributed by atoms with Crippen LogP contribution in [0.1, 0.15) is 5.56 Å². The van der Waals surface area contributed by atoms with Gasteiger partial charge in [-0.3, -0.25) is 10.4 Å². The number of anilines is 1. The van der Waals surface area contributed by atoms with Crippen molar-refractivity contribution in [1.82, 2.24) is 0 Å². The van der Waals surface area contributed by atoms with E-state index in [1.807, 2.05) is 36.4 Å². The molecular weight excluding hydrogens is 270 g/mol. The van der Waals surface area contributed by atoms with Crippen LogP contribution in [-0.4, -0.2) is 17.5 Å². The zero-order valence-corrected chi connectivity index (χ0v) is 12.0. The zero-order chi connectivity index (χ0) is 15.1. The molecule has 2 aromatic rings. The minimum absolute atomic E-state index is 0.0370. The molecule has 3 nitrogen and oxygen atoms in total. The molecule has 1 atom stereocenters. The van der Waals surface area contributed by atoms with Gasteiger partial charge in [0.05, 0.1) is 17.5 Å². The van der Waals surface area contributed by atoms with E-state index >= 15 is 0 Å². The molecule has 3 N–H and O–H groups in total. The third-order valence-corrected chi connectivity index (χ3v) is 4.01. The maximum absolute atomic E-state index is 7.87. The van der Waals surface area contributed by atoms with E-state index in [9.17, 15) is 0 Å². The van der Waals surface area contributed by atoms with Crippen LogP contribution in [0.15, 0.2) is 71.8 Å². The van der Waals surface area contributed by atoms with E-state index in [0.29, 0.717) is 5.71 Å². The fourth-order valence-corrected chi connectivity index (χ4v) is 2.76. The average molecular weight is 285 g/mol. The molecule has 2 aliphatic rings. The van der Waals surface area contributed by atoms with Gasteiger partial charge in [0.15, 0.2) is 0 Å². The number of nitrogens with one attached hydrogen (secondary N) is 1. The topological polar surface area (TPSA) is 62.2 Å². The molecular formula is C19H15N3. The van der Waals surface area contributed by atoms with Crippen molar-refractivity contribution < 1.29 is 0 Å². The molecule has 22 heavy (non-hydrogen) atoms. The van der Waals surface area contributed by atoms with Crippen LogP contribution in [0.2, 0.25) is 0 Å². The second kappa shape index (κ2) is 4.81. The summed E-state index contributed by atoms with van der Waals surface area (Å²) in [6, 6.07) is 12.3. The van der Waals surface area contributed by atoms with Crippen molar-refractivity contribution in [2.45, 2.75) is 6.04 Å². The summed E-state index contributed by atoms with van der Waals surface area (Å²) < 4.78 is 0. The summed E-state index contributed by atoms with van der Waals surface area (Å²) in [5, 5.41) is 10.1. The van der Waals surface area contributed by atoms with Crippen LogP contribution < -0.4 is 5.73 Å². The van der Waals surface area contributed by atoms with Crippen molar-refractivity contribution in [2.24, 2.45) is 4.99 Å². The minimum Gasteiger partial charge on any atom is -0.398 e. The van der Waals surface area contributed by atoms with Gasteiger partial charge < -0.3 is 5.73 Å². The van der Waals surface area contributed by atoms with Crippen molar-refractivity contribution in [3.63, 3.8) is 0 Å². The van der Waals surface area contributed by atoms with Gasteiger partial charge in [-0.05, 0) is 29.2 Å². The maximum atomic E-state index is 7.87. The van der Waals surface area contributed by atoms with Gasteiger partial charge in [-0.15, -0.1) is 0 Å². The van der Waals surface area contributed by atoms with Crippen LogP contribution in [0.3, 0.4) is 0 Å². The van der Waals surface area contributed by atoms with Crippen LogP contribution in [0.4, 0.5) is 5.69 Å². The van der Waals surface area contributed by atoms with Gasteiger partial charge in [-0.2, -0.15) is 0 Å². The van der Waals surface area contributed by atoms with E-state index in [1.165, 1.54) is 0 Å². The van der Waals surface area contributed by atoms with Crippen molar-refractivity contribution in [2.75, 3.05) is 5.73 Å². The molecule has 0 spiro atoms. The highest BCUT2D eigenvalue weighted by atomic mass is 14.8. The molecule has 0 fully saturated rings. The molecule has 2 aromatic carbocycles. The van der Waals surface area contributed by atoms with Gasteiger partial charge in [0.2, 0.25) is 0 Å². The van der Waals surface area contributed by atoms with Crippen molar-refractivity contribution >= 4 is 33.5 Å². The molecule has 0 bridgehead atoms.